The minimum atomic E-state index is -0.837. The molecular formula is C47H74N2NaO6-. The van der Waals surface area contributed by atoms with Gasteiger partial charge in [0.15, 0.2) is 0 Å². The molecule has 9 heteroatoms. The fourth-order valence-corrected chi connectivity index (χ4v) is 15.4. The van der Waals surface area contributed by atoms with Gasteiger partial charge in [0.2, 0.25) is 11.8 Å². The third kappa shape index (κ3) is 6.75. The fraction of sp³-hybridized carbons (Fsp3) is 0.872. The molecule has 5 unspecified atom stereocenters. The van der Waals surface area contributed by atoms with Crippen molar-refractivity contribution in [1.82, 2.24) is 10.2 Å². The molecule has 0 aromatic rings. The van der Waals surface area contributed by atoms with Gasteiger partial charge in [-0.3, -0.25) is 20.7 Å². The van der Waals surface area contributed by atoms with Crippen molar-refractivity contribution in [3.63, 3.8) is 0 Å². The Morgan fingerprint density at radius 1 is 0.839 bits per heavy atom. The molecule has 6 saturated carbocycles. The molecule has 1 heterocycles. The number of hydrogen-bond acceptors (Lipinski definition) is 6. The minimum Gasteiger partial charge on any atom is -0.870 e. The minimum absolute atomic E-state index is 0. The number of carbonyl (C=O) groups is 3. The number of likely N-dealkylation sites (tertiary alicyclic amines) is 1. The zero-order valence-electron chi connectivity index (χ0n) is 37.1. The molecule has 1 saturated heterocycles. The van der Waals surface area contributed by atoms with E-state index in [4.69, 9.17) is 4.74 Å². The molecule has 7 rings (SSSR count). The zero-order valence-corrected chi connectivity index (χ0v) is 39.1. The van der Waals surface area contributed by atoms with E-state index in [1.807, 2.05) is 6.29 Å². The summed E-state index contributed by atoms with van der Waals surface area (Å²) in [5.41, 5.74) is 0.0168. The molecule has 2 amide bonds. The van der Waals surface area contributed by atoms with Crippen molar-refractivity contribution in [3.8, 4) is 0 Å². The first-order chi connectivity index (χ1) is 25.1. The van der Waals surface area contributed by atoms with Crippen molar-refractivity contribution < 1.29 is 58.9 Å². The van der Waals surface area contributed by atoms with Gasteiger partial charge in [-0.1, -0.05) is 74.5 Å². The quantitative estimate of drug-likeness (QED) is 0.138. The second kappa shape index (κ2) is 15.4. The Labute approximate surface area is 361 Å². The summed E-state index contributed by atoms with van der Waals surface area (Å²) in [6.45, 7) is 28.9. The van der Waals surface area contributed by atoms with Crippen molar-refractivity contribution >= 4 is 24.1 Å². The topological polar surface area (TPSA) is 123 Å². The van der Waals surface area contributed by atoms with Crippen LogP contribution in [-0.2, 0) is 23.9 Å². The normalized spacial score (nSPS) is 43.1. The van der Waals surface area contributed by atoms with Gasteiger partial charge in [-0.25, -0.2) is 0 Å². The molecule has 310 valence electrons. The molecule has 6 aliphatic carbocycles. The molecule has 0 bridgehead atoms. The smallest absolute Gasteiger partial charge is 0.870 e. The Kier molecular flexibility index (Phi) is 12.6. The van der Waals surface area contributed by atoms with Gasteiger partial charge < -0.3 is 25.2 Å². The van der Waals surface area contributed by atoms with Gasteiger partial charge >= 0.3 is 35.5 Å². The van der Waals surface area contributed by atoms with Crippen molar-refractivity contribution in [2.45, 2.75) is 171 Å². The van der Waals surface area contributed by atoms with Gasteiger partial charge in [-0.05, 0) is 142 Å². The van der Waals surface area contributed by atoms with Crippen LogP contribution in [0.4, 0.5) is 0 Å². The van der Waals surface area contributed by atoms with Gasteiger partial charge in [0.05, 0.1) is 5.41 Å². The number of ether oxygens (including phenoxy) is 1. The molecule has 0 spiro atoms. The fourth-order valence-electron chi connectivity index (χ4n) is 15.4. The van der Waals surface area contributed by atoms with Crippen molar-refractivity contribution in [2.75, 3.05) is 13.1 Å². The number of esters is 1. The Morgan fingerprint density at radius 3 is 2.11 bits per heavy atom. The summed E-state index contributed by atoms with van der Waals surface area (Å²) < 4.78 is 6.23. The van der Waals surface area contributed by atoms with E-state index >= 15 is 0 Å². The summed E-state index contributed by atoms with van der Waals surface area (Å²) in [5, 5.41) is 3.64. The molecule has 0 radical (unpaired) electrons. The van der Waals surface area contributed by atoms with Crippen LogP contribution in [0.15, 0.2) is 12.2 Å². The molecule has 12 atom stereocenters. The monoisotopic (exact) mass is 786 g/mol. The number of nitrogens with one attached hydrogen (secondary N) is 1. The number of allylic oxidation sites excluding steroid dienone is 1. The van der Waals surface area contributed by atoms with Gasteiger partial charge in [0.25, 0.3) is 0 Å². The van der Waals surface area contributed by atoms with E-state index < -0.39 is 5.41 Å². The van der Waals surface area contributed by atoms with E-state index in [0.29, 0.717) is 35.5 Å². The van der Waals surface area contributed by atoms with E-state index in [-0.39, 0.29) is 104 Å². The summed E-state index contributed by atoms with van der Waals surface area (Å²) >= 11 is 0. The van der Waals surface area contributed by atoms with Crippen LogP contribution in [0.2, 0.25) is 0 Å². The molecule has 56 heavy (non-hydrogen) atoms. The Morgan fingerprint density at radius 2 is 1.50 bits per heavy atom. The molecule has 8 nitrogen and oxygen atoms in total. The van der Waals surface area contributed by atoms with Gasteiger partial charge in [0.1, 0.15) is 6.10 Å². The molecule has 2 N–H and O–H groups in total. The largest absolute Gasteiger partial charge is 1.00 e. The Balaban J connectivity index is 0.00000300. The maximum Gasteiger partial charge on any atom is 1.00 e. The van der Waals surface area contributed by atoms with Crippen LogP contribution in [0.3, 0.4) is 0 Å². The average Bonchev–Trinajstić information content (AvgIpc) is 3.77. The zero-order chi connectivity index (χ0) is 39.4. The van der Waals surface area contributed by atoms with Crippen molar-refractivity contribution in [2.24, 2.45) is 73.4 Å². The van der Waals surface area contributed by atoms with Gasteiger partial charge in [-0.15, -0.1) is 5.41 Å². The third-order valence-electron chi connectivity index (χ3n) is 18.9. The number of fused-ring (bicyclic) bond motifs is 7. The first kappa shape index (κ1) is 45.9. The van der Waals surface area contributed by atoms with E-state index in [1.165, 1.54) is 12.0 Å². The number of rotatable bonds is 8. The van der Waals surface area contributed by atoms with Crippen molar-refractivity contribution in [3.05, 3.63) is 12.2 Å². The van der Waals surface area contributed by atoms with E-state index in [0.717, 1.165) is 90.1 Å². The van der Waals surface area contributed by atoms with Crippen LogP contribution >= 0.6 is 0 Å². The van der Waals surface area contributed by atoms with Gasteiger partial charge in [0, 0.05) is 36.9 Å². The van der Waals surface area contributed by atoms with Crippen LogP contribution in [0, 0.1) is 73.4 Å². The third-order valence-corrected chi connectivity index (χ3v) is 18.9. The van der Waals surface area contributed by atoms with E-state index in [1.54, 1.807) is 13.8 Å². The molecular weight excluding hydrogens is 712 g/mol. The Hall–Kier alpha value is -1.22. The molecule has 7 aliphatic rings. The van der Waals surface area contributed by atoms with Gasteiger partial charge in [-0.2, -0.15) is 0 Å². The maximum atomic E-state index is 15.0. The van der Waals surface area contributed by atoms with E-state index in [2.05, 4.69) is 72.2 Å². The maximum absolute atomic E-state index is 15.0. The number of amides is 2. The molecule has 0 aromatic heterocycles. The second-order valence-electron chi connectivity index (χ2n) is 22.5. The first-order valence-electron chi connectivity index (χ1n) is 21.9. The first-order valence-corrected chi connectivity index (χ1v) is 21.9. The van der Waals surface area contributed by atoms with Crippen LogP contribution < -0.4 is 34.9 Å². The van der Waals surface area contributed by atoms with Crippen LogP contribution in [0.5, 0.6) is 0 Å². The summed E-state index contributed by atoms with van der Waals surface area (Å²) in [7, 11) is 0. The summed E-state index contributed by atoms with van der Waals surface area (Å²) in [6, 6.07) is 0.0323. The van der Waals surface area contributed by atoms with Crippen LogP contribution in [0.25, 0.3) is 0 Å². The van der Waals surface area contributed by atoms with Crippen molar-refractivity contribution in [1.29, 1.82) is 0 Å². The summed E-state index contributed by atoms with van der Waals surface area (Å²) in [5.74, 6) is 2.38. The summed E-state index contributed by atoms with van der Waals surface area (Å²) in [4.78, 5) is 55.0. The predicted molar refractivity (Wildman–Crippen MR) is 215 cm³/mol. The Bertz CT molecular complexity index is 1570. The predicted octanol–water partition coefficient (Wildman–Crippen LogP) is 6.06. The van der Waals surface area contributed by atoms with Crippen LogP contribution in [-0.4, -0.2) is 59.7 Å². The number of hydrogen-bond donors (Lipinski definition) is 1. The standard InChI is InChI=1S/C47H73N2O5.Na.H2O/c1-29(2)30-16-21-47(40(53)48-35-26-32(42(35,5)6)39(52)49-24-12-13-25-49)23-22-45(10)31(38(30)47)14-15-34-44(9)19-18-36(54-37(51)27-41(3,4)28-50)43(7,8)33(44)17-20-46(34,45)11;;/h30-36,38H,1,12-27H2,2-11H3,(H,48,53);;1H2/q-1;+1;/p-1/t30-,31?,32+,33?,34?,35?,36-,38?,44-,45+,46+,47-;;/m0../s1. The number of nitrogens with zero attached hydrogens (tertiary/aromatic N) is 1. The molecule has 0 aromatic carbocycles. The number of carbonyl (C=O) groups excluding carboxylic acids is 4. The SMILES string of the molecule is C=C(C)[C@@H]1CC[C@]2(C(=O)NC3C[C@H](C(=O)N4CCCC4)C3(C)C)CC[C@]3(C)C(CCC4[C@@]5(C)CC[C@H](OC(=O)CC(C)(C)[C-]=O)C(C)(C)C5CC[C@]43C)C12.[Na+].[OH-]. The molecule has 7 fully saturated rings. The average molecular weight is 786 g/mol. The summed E-state index contributed by atoms with van der Waals surface area (Å²) in [6.07, 6.45) is 15.4. The second-order valence-corrected chi connectivity index (χ2v) is 22.5. The van der Waals surface area contributed by atoms with Crippen LogP contribution in [0.1, 0.15) is 159 Å². The van der Waals surface area contributed by atoms with E-state index in [9.17, 15) is 19.2 Å². The molecule has 1 aliphatic heterocycles.